The fraction of sp³-hybridized carbons (Fsp3) is 0.200. The number of aromatic carboxylic acids is 1. The largest absolute Gasteiger partial charge is 0.478 e. The number of nitrogens with two attached hydrogens (primary N) is 1. The van der Waals surface area contributed by atoms with E-state index in [1.807, 2.05) is 4.72 Å². The minimum absolute atomic E-state index is 0.122. The summed E-state index contributed by atoms with van der Waals surface area (Å²) in [6.07, 6.45) is 0. The average Bonchev–Trinajstić information content (AvgIpc) is 2.35. The minimum Gasteiger partial charge on any atom is -0.478 e. The van der Waals surface area contributed by atoms with Crippen molar-refractivity contribution in [2.45, 2.75) is 4.90 Å². The molecule has 0 fully saturated rings. The Kier molecular flexibility index (Phi) is 4.46. The standard InChI is InChI=1S/C10H13N3O5S/c1-12-9(14)5-13-19(17,18)8-3-2-6(10(15)16)4-7(8)11/h2-4,13H,5,11H2,1H3,(H,12,14)(H,15,16). The quantitative estimate of drug-likeness (QED) is 0.512. The molecule has 0 heterocycles. The number of hydrogen-bond acceptors (Lipinski definition) is 5. The molecule has 0 spiro atoms. The van der Waals surface area contributed by atoms with Crippen molar-refractivity contribution in [2.24, 2.45) is 0 Å². The van der Waals surface area contributed by atoms with Crippen LogP contribution in [0.25, 0.3) is 0 Å². The molecule has 8 nitrogen and oxygen atoms in total. The molecule has 0 saturated carbocycles. The maximum atomic E-state index is 11.8. The first-order chi connectivity index (χ1) is 8.77. The topological polar surface area (TPSA) is 139 Å². The Balaban J connectivity index is 3.02. The van der Waals surface area contributed by atoms with Crippen LogP contribution in [0.1, 0.15) is 10.4 Å². The van der Waals surface area contributed by atoms with E-state index >= 15 is 0 Å². The molecule has 1 aromatic rings. The van der Waals surface area contributed by atoms with Crippen LogP contribution in [0.3, 0.4) is 0 Å². The van der Waals surface area contributed by atoms with Crippen LogP contribution < -0.4 is 15.8 Å². The highest BCUT2D eigenvalue weighted by Gasteiger charge is 2.19. The number of nitrogen functional groups attached to an aromatic ring is 1. The molecule has 0 radical (unpaired) electrons. The monoisotopic (exact) mass is 287 g/mol. The molecule has 1 amide bonds. The van der Waals surface area contributed by atoms with E-state index in [-0.39, 0.29) is 16.1 Å². The van der Waals surface area contributed by atoms with E-state index in [4.69, 9.17) is 10.8 Å². The number of carboxylic acids is 1. The SMILES string of the molecule is CNC(=O)CNS(=O)(=O)c1ccc(C(=O)O)cc1N. The van der Waals surface area contributed by atoms with E-state index in [0.29, 0.717) is 0 Å². The van der Waals surface area contributed by atoms with Crippen LogP contribution in [0.5, 0.6) is 0 Å². The molecular weight excluding hydrogens is 274 g/mol. The third kappa shape index (κ3) is 3.66. The van der Waals surface area contributed by atoms with E-state index in [2.05, 4.69) is 5.32 Å². The second kappa shape index (κ2) is 5.67. The molecule has 0 bridgehead atoms. The average molecular weight is 287 g/mol. The number of likely N-dealkylation sites (N-methyl/N-ethyl adjacent to an activating group) is 1. The van der Waals surface area contributed by atoms with Crippen LogP contribution in [0, 0.1) is 0 Å². The van der Waals surface area contributed by atoms with Crippen LogP contribution in [-0.2, 0) is 14.8 Å². The van der Waals surface area contributed by atoms with Crippen molar-refractivity contribution in [3.8, 4) is 0 Å². The van der Waals surface area contributed by atoms with Gasteiger partial charge in [-0.05, 0) is 18.2 Å². The van der Waals surface area contributed by atoms with Gasteiger partial charge in [0.2, 0.25) is 15.9 Å². The number of anilines is 1. The van der Waals surface area contributed by atoms with Gasteiger partial charge >= 0.3 is 5.97 Å². The third-order valence-electron chi connectivity index (χ3n) is 2.25. The number of sulfonamides is 1. The summed E-state index contributed by atoms with van der Waals surface area (Å²) in [5.74, 6) is -1.72. The van der Waals surface area contributed by atoms with Crippen LogP contribution in [0.15, 0.2) is 23.1 Å². The number of carbonyl (C=O) groups excluding carboxylic acids is 1. The summed E-state index contributed by atoms with van der Waals surface area (Å²) in [7, 11) is -2.60. The highest BCUT2D eigenvalue weighted by atomic mass is 32.2. The Bertz CT molecular complexity index is 612. The lowest BCUT2D eigenvalue weighted by Crippen LogP contribution is -2.35. The lowest BCUT2D eigenvalue weighted by Gasteiger charge is -2.09. The number of rotatable bonds is 5. The minimum atomic E-state index is -3.97. The number of hydrogen-bond donors (Lipinski definition) is 4. The molecule has 9 heteroatoms. The van der Waals surface area contributed by atoms with Crippen molar-refractivity contribution in [1.82, 2.24) is 10.0 Å². The first-order valence-electron chi connectivity index (χ1n) is 5.11. The molecule has 0 aliphatic rings. The van der Waals surface area contributed by atoms with E-state index in [0.717, 1.165) is 18.2 Å². The van der Waals surface area contributed by atoms with Gasteiger partial charge in [-0.25, -0.2) is 17.9 Å². The predicted octanol–water partition coefficient (Wildman–Crippen LogP) is -1.01. The summed E-state index contributed by atoms with van der Waals surface area (Å²) >= 11 is 0. The van der Waals surface area contributed by atoms with E-state index in [1.165, 1.54) is 7.05 Å². The number of benzene rings is 1. The first-order valence-corrected chi connectivity index (χ1v) is 6.59. The van der Waals surface area contributed by atoms with Crippen LogP contribution in [0.4, 0.5) is 5.69 Å². The Morgan fingerprint density at radius 2 is 2.00 bits per heavy atom. The van der Waals surface area contributed by atoms with Crippen molar-refractivity contribution in [1.29, 1.82) is 0 Å². The molecule has 0 aliphatic carbocycles. The van der Waals surface area contributed by atoms with Crippen molar-refractivity contribution < 1.29 is 23.1 Å². The van der Waals surface area contributed by atoms with Gasteiger partial charge < -0.3 is 16.2 Å². The van der Waals surface area contributed by atoms with Gasteiger partial charge in [-0.15, -0.1) is 0 Å². The Labute approximate surface area is 109 Å². The molecule has 0 aliphatic heterocycles. The zero-order valence-electron chi connectivity index (χ0n) is 10.0. The van der Waals surface area contributed by atoms with Gasteiger partial charge in [-0.2, -0.15) is 0 Å². The van der Waals surface area contributed by atoms with Crippen molar-refractivity contribution in [3.05, 3.63) is 23.8 Å². The molecule has 5 N–H and O–H groups in total. The summed E-state index contributed by atoms with van der Waals surface area (Å²) in [6.45, 7) is -0.432. The molecule has 1 aromatic carbocycles. The fourth-order valence-corrected chi connectivity index (χ4v) is 2.35. The van der Waals surface area contributed by atoms with Gasteiger partial charge in [0.05, 0.1) is 17.8 Å². The number of carbonyl (C=O) groups is 2. The summed E-state index contributed by atoms with van der Waals surface area (Å²) in [4.78, 5) is 21.4. The van der Waals surface area contributed by atoms with Crippen LogP contribution >= 0.6 is 0 Å². The lowest BCUT2D eigenvalue weighted by atomic mass is 10.2. The van der Waals surface area contributed by atoms with Gasteiger partial charge in [0, 0.05) is 7.05 Å². The summed E-state index contributed by atoms with van der Waals surface area (Å²) in [6, 6.07) is 3.23. The zero-order valence-corrected chi connectivity index (χ0v) is 10.8. The second-order valence-corrected chi connectivity index (χ2v) is 5.29. The first kappa shape index (κ1) is 14.9. The van der Waals surface area contributed by atoms with Gasteiger partial charge in [0.1, 0.15) is 4.90 Å². The van der Waals surface area contributed by atoms with Crippen molar-refractivity contribution in [3.63, 3.8) is 0 Å². The summed E-state index contributed by atoms with van der Waals surface area (Å²) < 4.78 is 25.7. The smallest absolute Gasteiger partial charge is 0.335 e. The van der Waals surface area contributed by atoms with E-state index in [9.17, 15) is 18.0 Å². The van der Waals surface area contributed by atoms with Gasteiger partial charge in [-0.1, -0.05) is 0 Å². The second-order valence-electron chi connectivity index (χ2n) is 3.56. The summed E-state index contributed by atoms with van der Waals surface area (Å²) in [5.41, 5.74) is 5.17. The molecule has 19 heavy (non-hydrogen) atoms. The number of amides is 1. The Morgan fingerprint density at radius 1 is 1.37 bits per heavy atom. The maximum absolute atomic E-state index is 11.8. The normalized spacial score (nSPS) is 11.0. The van der Waals surface area contributed by atoms with Gasteiger partial charge in [-0.3, -0.25) is 4.79 Å². The highest BCUT2D eigenvalue weighted by molar-refractivity contribution is 7.89. The van der Waals surface area contributed by atoms with E-state index in [1.54, 1.807) is 0 Å². The molecule has 104 valence electrons. The summed E-state index contributed by atoms with van der Waals surface area (Å²) in [5, 5.41) is 11.0. The van der Waals surface area contributed by atoms with Crippen LogP contribution in [-0.4, -0.2) is 39.0 Å². The van der Waals surface area contributed by atoms with Gasteiger partial charge in [0.15, 0.2) is 0 Å². The number of nitrogens with one attached hydrogen (secondary N) is 2. The van der Waals surface area contributed by atoms with E-state index < -0.39 is 28.4 Å². The highest BCUT2D eigenvalue weighted by Crippen LogP contribution is 2.19. The molecular formula is C10H13N3O5S. The Morgan fingerprint density at radius 3 is 2.47 bits per heavy atom. The maximum Gasteiger partial charge on any atom is 0.335 e. The molecule has 0 saturated heterocycles. The Hall–Kier alpha value is -2.13. The fourth-order valence-electron chi connectivity index (χ4n) is 1.25. The molecule has 0 unspecified atom stereocenters. The van der Waals surface area contributed by atoms with Crippen LogP contribution in [0.2, 0.25) is 0 Å². The lowest BCUT2D eigenvalue weighted by molar-refractivity contribution is -0.119. The number of carboxylic acid groups (broad SMARTS) is 1. The zero-order chi connectivity index (χ0) is 14.6. The van der Waals surface area contributed by atoms with Gasteiger partial charge in [0.25, 0.3) is 0 Å². The predicted molar refractivity (Wildman–Crippen MR) is 67.1 cm³/mol. The van der Waals surface area contributed by atoms with Crippen molar-refractivity contribution in [2.75, 3.05) is 19.3 Å². The third-order valence-corrected chi connectivity index (χ3v) is 3.72. The molecule has 0 atom stereocenters. The molecule has 0 aromatic heterocycles. The molecule has 1 rings (SSSR count). The van der Waals surface area contributed by atoms with Crippen molar-refractivity contribution >= 4 is 27.6 Å².